The topological polar surface area (TPSA) is 64.5 Å². The summed E-state index contributed by atoms with van der Waals surface area (Å²) in [6.45, 7) is 4.58. The Morgan fingerprint density at radius 3 is 2.78 bits per heavy atom. The molecule has 2 fully saturated rings. The molecular formula is C17H23N3O3. The molecule has 124 valence electrons. The molecule has 0 saturated carbocycles. The van der Waals surface area contributed by atoms with Crippen LogP contribution in [0.2, 0.25) is 0 Å². The Kier molecular flexibility index (Phi) is 4.18. The van der Waals surface area contributed by atoms with E-state index in [-0.39, 0.29) is 12.1 Å². The number of aryl methyl sites for hydroxylation is 1. The van der Waals surface area contributed by atoms with Crippen molar-refractivity contribution in [3.8, 4) is 0 Å². The second-order valence-corrected chi connectivity index (χ2v) is 6.47. The highest BCUT2D eigenvalue weighted by Gasteiger charge is 2.31. The van der Waals surface area contributed by atoms with Crippen LogP contribution in [0.15, 0.2) is 21.0 Å². The number of ether oxygens (including phenoxy) is 1. The first-order valence-electron chi connectivity index (χ1n) is 8.54. The summed E-state index contributed by atoms with van der Waals surface area (Å²) in [5.41, 5.74) is 0. The van der Waals surface area contributed by atoms with Crippen LogP contribution in [0.1, 0.15) is 67.6 Å². The Morgan fingerprint density at radius 2 is 2.00 bits per heavy atom. The number of hydrogen-bond donors (Lipinski definition) is 0. The monoisotopic (exact) mass is 317 g/mol. The molecule has 6 heteroatoms. The van der Waals surface area contributed by atoms with E-state index >= 15 is 0 Å². The van der Waals surface area contributed by atoms with E-state index in [0.717, 1.165) is 56.4 Å². The molecule has 0 N–H and O–H groups in total. The number of piperidine rings is 1. The summed E-state index contributed by atoms with van der Waals surface area (Å²) >= 11 is 0. The van der Waals surface area contributed by atoms with Gasteiger partial charge in [0.05, 0.1) is 12.6 Å². The molecule has 23 heavy (non-hydrogen) atoms. The summed E-state index contributed by atoms with van der Waals surface area (Å²) in [7, 11) is 0. The lowest BCUT2D eigenvalue weighted by Gasteiger charge is -2.32. The second-order valence-electron chi connectivity index (χ2n) is 6.47. The molecule has 0 spiro atoms. The summed E-state index contributed by atoms with van der Waals surface area (Å²) in [4.78, 5) is 2.38. The zero-order chi connectivity index (χ0) is 15.6. The van der Waals surface area contributed by atoms with Crippen molar-refractivity contribution in [3.63, 3.8) is 0 Å². The molecule has 6 nitrogen and oxygen atoms in total. The van der Waals surface area contributed by atoms with Gasteiger partial charge < -0.3 is 13.6 Å². The van der Waals surface area contributed by atoms with Crippen LogP contribution < -0.4 is 0 Å². The van der Waals surface area contributed by atoms with Crippen molar-refractivity contribution in [2.75, 3.05) is 13.2 Å². The highest BCUT2D eigenvalue weighted by atomic mass is 16.5. The number of furan rings is 1. The van der Waals surface area contributed by atoms with Crippen molar-refractivity contribution in [3.05, 3.63) is 35.4 Å². The van der Waals surface area contributed by atoms with Crippen LogP contribution in [0.4, 0.5) is 0 Å². The van der Waals surface area contributed by atoms with E-state index in [1.54, 1.807) is 0 Å². The van der Waals surface area contributed by atoms with Gasteiger partial charge in [-0.25, -0.2) is 0 Å². The quantitative estimate of drug-likeness (QED) is 0.859. The molecule has 4 rings (SSSR count). The molecule has 2 saturated heterocycles. The summed E-state index contributed by atoms with van der Waals surface area (Å²) in [6, 6.07) is 4.24. The lowest BCUT2D eigenvalue weighted by Crippen LogP contribution is -2.33. The van der Waals surface area contributed by atoms with Gasteiger partial charge in [-0.05, 0) is 51.3 Å². The molecule has 0 radical (unpaired) electrons. The molecule has 2 aromatic heterocycles. The van der Waals surface area contributed by atoms with Crippen LogP contribution in [0.3, 0.4) is 0 Å². The normalized spacial score (nSPS) is 26.0. The van der Waals surface area contributed by atoms with Gasteiger partial charge in [-0.15, -0.1) is 10.2 Å². The van der Waals surface area contributed by atoms with Crippen molar-refractivity contribution < 1.29 is 13.6 Å². The first-order chi connectivity index (χ1) is 11.3. The number of likely N-dealkylation sites (tertiary alicyclic amines) is 1. The summed E-state index contributed by atoms with van der Waals surface area (Å²) in [6.07, 6.45) is 5.46. The van der Waals surface area contributed by atoms with Crippen LogP contribution in [-0.4, -0.2) is 28.2 Å². The van der Waals surface area contributed by atoms with E-state index in [2.05, 4.69) is 15.1 Å². The number of aromatic nitrogens is 2. The maximum absolute atomic E-state index is 5.96. The zero-order valence-electron chi connectivity index (χ0n) is 13.5. The van der Waals surface area contributed by atoms with Crippen molar-refractivity contribution in [1.29, 1.82) is 0 Å². The Hall–Kier alpha value is -1.66. The third-order valence-corrected chi connectivity index (χ3v) is 4.72. The van der Waals surface area contributed by atoms with Crippen LogP contribution in [0, 0.1) is 6.92 Å². The number of rotatable bonds is 4. The minimum atomic E-state index is -0.0130. The van der Waals surface area contributed by atoms with E-state index in [0.29, 0.717) is 5.89 Å². The molecule has 0 unspecified atom stereocenters. The molecule has 2 atom stereocenters. The van der Waals surface area contributed by atoms with Gasteiger partial charge in [-0.1, -0.05) is 6.42 Å². The average Bonchev–Trinajstić information content (AvgIpc) is 3.28. The average molecular weight is 317 g/mol. The maximum atomic E-state index is 5.96. The summed E-state index contributed by atoms with van der Waals surface area (Å²) < 4.78 is 17.3. The van der Waals surface area contributed by atoms with Gasteiger partial charge in [-0.2, -0.15) is 0 Å². The maximum Gasteiger partial charge on any atom is 0.245 e. The van der Waals surface area contributed by atoms with E-state index in [9.17, 15) is 0 Å². The Balaban J connectivity index is 1.50. The van der Waals surface area contributed by atoms with E-state index in [4.69, 9.17) is 13.6 Å². The summed E-state index contributed by atoms with van der Waals surface area (Å²) in [5.74, 6) is 3.30. The predicted octanol–water partition coefficient (Wildman–Crippen LogP) is 3.55. The Labute approximate surface area is 135 Å². The van der Waals surface area contributed by atoms with E-state index < -0.39 is 0 Å². The number of hydrogen-bond acceptors (Lipinski definition) is 6. The van der Waals surface area contributed by atoms with E-state index in [1.165, 1.54) is 12.8 Å². The van der Waals surface area contributed by atoms with Crippen LogP contribution in [0.25, 0.3) is 0 Å². The minimum Gasteiger partial charge on any atom is -0.465 e. The molecular weight excluding hydrogens is 294 g/mol. The molecule has 0 amide bonds. The van der Waals surface area contributed by atoms with Gasteiger partial charge in [0.25, 0.3) is 0 Å². The molecule has 2 aliphatic rings. The Bertz CT molecular complexity index is 645. The highest BCUT2D eigenvalue weighted by molar-refractivity contribution is 5.06. The van der Waals surface area contributed by atoms with Crippen molar-refractivity contribution in [2.45, 2.75) is 57.7 Å². The van der Waals surface area contributed by atoms with Gasteiger partial charge >= 0.3 is 0 Å². The minimum absolute atomic E-state index is 0.0130. The third kappa shape index (κ3) is 3.19. The fourth-order valence-corrected chi connectivity index (χ4v) is 3.51. The largest absolute Gasteiger partial charge is 0.465 e. The molecule has 0 aromatic carbocycles. The molecule has 0 bridgehead atoms. The Morgan fingerprint density at radius 1 is 1.09 bits per heavy atom. The van der Waals surface area contributed by atoms with Gasteiger partial charge in [0.1, 0.15) is 17.6 Å². The van der Waals surface area contributed by atoms with Crippen LogP contribution in [0.5, 0.6) is 0 Å². The zero-order valence-corrected chi connectivity index (χ0v) is 13.5. The van der Waals surface area contributed by atoms with Crippen LogP contribution >= 0.6 is 0 Å². The van der Waals surface area contributed by atoms with Crippen molar-refractivity contribution >= 4 is 0 Å². The summed E-state index contributed by atoms with van der Waals surface area (Å²) in [5, 5.41) is 8.54. The molecule has 0 aliphatic carbocycles. The fraction of sp³-hybridized carbons (Fsp3) is 0.647. The SMILES string of the molecule is Cc1ccc(CN2CCCC[C@H]2c2nnc([C@H]3CCCO3)o2)o1. The predicted molar refractivity (Wildman–Crippen MR) is 82.7 cm³/mol. The second kappa shape index (κ2) is 6.45. The lowest BCUT2D eigenvalue weighted by atomic mass is 10.0. The molecule has 2 aliphatic heterocycles. The first-order valence-corrected chi connectivity index (χ1v) is 8.54. The van der Waals surface area contributed by atoms with Crippen molar-refractivity contribution in [1.82, 2.24) is 15.1 Å². The number of nitrogens with zero attached hydrogens (tertiary/aromatic N) is 3. The lowest BCUT2D eigenvalue weighted by molar-refractivity contribution is 0.0778. The fourth-order valence-electron chi connectivity index (χ4n) is 3.51. The smallest absolute Gasteiger partial charge is 0.245 e. The van der Waals surface area contributed by atoms with Gasteiger partial charge in [0.15, 0.2) is 0 Å². The highest BCUT2D eigenvalue weighted by Crippen LogP contribution is 2.34. The molecule has 2 aromatic rings. The van der Waals surface area contributed by atoms with Crippen molar-refractivity contribution in [2.24, 2.45) is 0 Å². The van der Waals surface area contributed by atoms with Gasteiger partial charge in [0.2, 0.25) is 11.8 Å². The molecule has 4 heterocycles. The standard InChI is InChI=1S/C17H23N3O3/c1-12-7-8-13(22-12)11-20-9-3-2-5-14(20)16-18-19-17(23-16)15-6-4-10-21-15/h7-8,14-15H,2-6,9-11H2,1H3/t14-,15+/m0/s1. The first kappa shape index (κ1) is 14.9. The van der Waals surface area contributed by atoms with Gasteiger partial charge in [-0.3, -0.25) is 4.90 Å². The van der Waals surface area contributed by atoms with Crippen LogP contribution in [-0.2, 0) is 11.3 Å². The van der Waals surface area contributed by atoms with Gasteiger partial charge in [0, 0.05) is 6.61 Å². The third-order valence-electron chi connectivity index (χ3n) is 4.72. The van der Waals surface area contributed by atoms with E-state index in [1.807, 2.05) is 19.1 Å².